The number of piperidine rings is 1. The first-order valence-corrected chi connectivity index (χ1v) is 15.4. The molecule has 0 radical (unpaired) electrons. The summed E-state index contributed by atoms with van der Waals surface area (Å²) in [5.41, 5.74) is 0.0221. The van der Waals surface area contributed by atoms with Gasteiger partial charge in [0.1, 0.15) is 0 Å². The third kappa shape index (κ3) is 5.39. The second-order valence-corrected chi connectivity index (χ2v) is 14.1. The number of likely N-dealkylation sites (tertiary alicyclic amines) is 1. The number of nitrogens with zero attached hydrogens (tertiary/aromatic N) is 3. The second-order valence-electron chi connectivity index (χ2n) is 11.0. The molecule has 0 spiro atoms. The van der Waals surface area contributed by atoms with E-state index in [0.717, 1.165) is 10.0 Å². The number of amides is 4. The number of fused-ring (bicyclic) bond motifs is 1. The highest BCUT2D eigenvalue weighted by Crippen LogP contribution is 2.45. The Morgan fingerprint density at radius 3 is 1.79 bits per heavy atom. The van der Waals surface area contributed by atoms with E-state index in [4.69, 9.17) is 0 Å². The number of likely N-dealkylation sites (N-methyl/N-ethyl adjacent to an activating group) is 1. The van der Waals surface area contributed by atoms with E-state index >= 15 is 0 Å². The van der Waals surface area contributed by atoms with Crippen LogP contribution in [-0.4, -0.2) is 69.3 Å². The van der Waals surface area contributed by atoms with Crippen molar-refractivity contribution in [3.8, 4) is 0 Å². The molecule has 1 saturated heterocycles. The third-order valence-corrected chi connectivity index (χ3v) is 12.0. The van der Waals surface area contributed by atoms with Gasteiger partial charge in [0.15, 0.2) is 0 Å². The number of rotatable bonds is 5. The van der Waals surface area contributed by atoms with E-state index in [2.05, 4.69) is 69.0 Å². The van der Waals surface area contributed by atoms with Gasteiger partial charge in [-0.25, -0.2) is 5.01 Å². The van der Waals surface area contributed by atoms with Gasteiger partial charge in [-0.05, 0) is 116 Å². The molecule has 208 valence electrons. The first kappa shape index (κ1) is 30.4. The first-order chi connectivity index (χ1) is 18.1. The van der Waals surface area contributed by atoms with Crippen LogP contribution in [0.2, 0.25) is 0 Å². The van der Waals surface area contributed by atoms with Crippen molar-refractivity contribution in [2.45, 2.75) is 57.7 Å². The number of nitrogens with one attached hydrogen (secondary N) is 1. The molecule has 39 heavy (non-hydrogen) atoms. The van der Waals surface area contributed by atoms with Crippen LogP contribution >= 0.6 is 63.7 Å². The molecule has 12 heteroatoms. The summed E-state index contributed by atoms with van der Waals surface area (Å²) in [5, 5.41) is 5.23. The zero-order valence-corrected chi connectivity index (χ0v) is 28.4. The lowest BCUT2D eigenvalue weighted by molar-refractivity contribution is -0.138. The van der Waals surface area contributed by atoms with Gasteiger partial charge in [-0.15, -0.1) is 0 Å². The van der Waals surface area contributed by atoms with Crippen LogP contribution in [0.5, 0.6) is 0 Å². The summed E-state index contributed by atoms with van der Waals surface area (Å²) in [6, 6.07) is 9.17. The average Bonchev–Trinajstić information content (AvgIpc) is 3.13. The molecule has 0 saturated carbocycles. The summed E-state index contributed by atoms with van der Waals surface area (Å²) in [6.45, 7) is 8.04. The van der Waals surface area contributed by atoms with Gasteiger partial charge in [0.05, 0.1) is 17.7 Å². The van der Waals surface area contributed by atoms with Crippen LogP contribution in [0.15, 0.2) is 48.2 Å². The molecular formula is C27H28Br4N4O4. The number of halogens is 4. The minimum atomic E-state index is -0.596. The highest BCUT2D eigenvalue weighted by molar-refractivity contribution is 9.15. The maximum absolute atomic E-state index is 13.4. The Hall–Kier alpha value is -1.60. The van der Waals surface area contributed by atoms with Crippen molar-refractivity contribution in [2.24, 2.45) is 0 Å². The van der Waals surface area contributed by atoms with Gasteiger partial charge in [0, 0.05) is 47.6 Å². The summed E-state index contributed by atoms with van der Waals surface area (Å²) in [7, 11) is 1.41. The highest BCUT2D eigenvalue weighted by Gasteiger charge is 2.48. The molecule has 2 aliphatic heterocycles. The number of benzene rings is 2. The van der Waals surface area contributed by atoms with E-state index in [9.17, 15) is 19.2 Å². The number of hydrogen-bond donors (Lipinski definition) is 1. The molecule has 2 aromatic rings. The SMILES string of the molecule is CN(C(=O)CNC1CC(C)(C)N(C(=O)c2ccccc2)C(C)(C)C1)N1C(=O)c2c(Br)c(Br)c(Br)c(Br)c2C1=O. The number of carbonyl (C=O) groups is 4. The minimum Gasteiger partial charge on any atom is -0.328 e. The number of hydrazine groups is 1. The Morgan fingerprint density at radius 2 is 1.33 bits per heavy atom. The second kappa shape index (κ2) is 11.0. The van der Waals surface area contributed by atoms with E-state index in [1.807, 2.05) is 62.9 Å². The van der Waals surface area contributed by atoms with Crippen molar-refractivity contribution in [1.82, 2.24) is 20.2 Å². The summed E-state index contributed by atoms with van der Waals surface area (Å²) >= 11 is 13.6. The van der Waals surface area contributed by atoms with Crippen LogP contribution in [0, 0.1) is 0 Å². The molecule has 1 N–H and O–H groups in total. The zero-order chi connectivity index (χ0) is 29.0. The molecule has 8 nitrogen and oxygen atoms in total. The van der Waals surface area contributed by atoms with Gasteiger partial charge in [0.25, 0.3) is 23.6 Å². The fourth-order valence-corrected chi connectivity index (χ4v) is 8.21. The van der Waals surface area contributed by atoms with E-state index < -0.39 is 28.8 Å². The Labute approximate surface area is 261 Å². The quantitative estimate of drug-likeness (QED) is 0.223. The van der Waals surface area contributed by atoms with Crippen molar-refractivity contribution in [2.75, 3.05) is 13.6 Å². The van der Waals surface area contributed by atoms with Crippen molar-refractivity contribution >= 4 is 87.3 Å². The van der Waals surface area contributed by atoms with Gasteiger partial charge in [0.2, 0.25) is 0 Å². The van der Waals surface area contributed by atoms with Gasteiger partial charge in [-0.3, -0.25) is 19.2 Å². The van der Waals surface area contributed by atoms with Crippen LogP contribution in [0.1, 0.15) is 71.6 Å². The fraction of sp³-hybridized carbons (Fsp3) is 0.407. The number of imide groups is 1. The molecule has 0 unspecified atom stereocenters. The summed E-state index contributed by atoms with van der Waals surface area (Å²) in [5.74, 6) is -1.65. The first-order valence-electron chi connectivity index (χ1n) is 12.2. The lowest BCUT2D eigenvalue weighted by Gasteiger charge is -2.55. The van der Waals surface area contributed by atoms with Crippen LogP contribution < -0.4 is 5.32 Å². The van der Waals surface area contributed by atoms with Crippen molar-refractivity contribution in [3.05, 3.63) is 64.9 Å². The Bertz CT molecular complexity index is 1310. The third-order valence-electron chi connectivity index (χ3n) is 7.21. The Morgan fingerprint density at radius 1 is 0.872 bits per heavy atom. The molecule has 2 heterocycles. The topological polar surface area (TPSA) is 90.0 Å². The molecule has 0 atom stereocenters. The van der Waals surface area contributed by atoms with Crippen molar-refractivity contribution < 1.29 is 19.2 Å². The molecule has 2 aromatic carbocycles. The predicted octanol–water partition coefficient (Wildman–Crippen LogP) is 6.16. The fourth-order valence-electron chi connectivity index (χ4n) is 5.75. The van der Waals surface area contributed by atoms with Gasteiger partial charge in [-0.2, -0.15) is 5.01 Å². The van der Waals surface area contributed by atoms with Crippen LogP contribution in [-0.2, 0) is 4.79 Å². The van der Waals surface area contributed by atoms with E-state index in [1.165, 1.54) is 7.05 Å². The maximum atomic E-state index is 13.4. The van der Waals surface area contributed by atoms with Crippen molar-refractivity contribution in [3.63, 3.8) is 0 Å². The van der Waals surface area contributed by atoms with E-state index in [-0.39, 0.29) is 29.6 Å². The van der Waals surface area contributed by atoms with E-state index in [0.29, 0.717) is 36.3 Å². The molecule has 1 fully saturated rings. The minimum absolute atomic E-state index is 0.0268. The summed E-state index contributed by atoms with van der Waals surface area (Å²) in [4.78, 5) is 55.1. The summed E-state index contributed by atoms with van der Waals surface area (Å²) in [6.07, 6.45) is 1.25. The highest BCUT2D eigenvalue weighted by atomic mass is 79.9. The largest absolute Gasteiger partial charge is 0.328 e. The number of hydrogen-bond acceptors (Lipinski definition) is 5. The zero-order valence-electron chi connectivity index (χ0n) is 22.1. The molecule has 4 amide bonds. The smallest absolute Gasteiger partial charge is 0.282 e. The van der Waals surface area contributed by atoms with Crippen LogP contribution in [0.3, 0.4) is 0 Å². The molecule has 4 rings (SSSR count). The molecule has 0 aliphatic carbocycles. The van der Waals surface area contributed by atoms with Crippen LogP contribution in [0.25, 0.3) is 0 Å². The maximum Gasteiger partial charge on any atom is 0.282 e. The van der Waals surface area contributed by atoms with Crippen LogP contribution in [0.4, 0.5) is 0 Å². The Kier molecular flexibility index (Phi) is 8.56. The van der Waals surface area contributed by atoms with Gasteiger partial charge in [-0.1, -0.05) is 18.2 Å². The molecular weight excluding hydrogens is 764 g/mol. The summed E-state index contributed by atoms with van der Waals surface area (Å²) < 4.78 is 2.01. The Balaban J connectivity index is 1.47. The van der Waals surface area contributed by atoms with Gasteiger partial charge < -0.3 is 10.2 Å². The average molecular weight is 792 g/mol. The molecule has 0 bridgehead atoms. The molecule has 0 aromatic heterocycles. The van der Waals surface area contributed by atoms with Gasteiger partial charge >= 0.3 is 0 Å². The predicted molar refractivity (Wildman–Crippen MR) is 162 cm³/mol. The normalized spacial score (nSPS) is 18.4. The number of carbonyl (C=O) groups excluding carboxylic acids is 4. The standard InChI is InChI=1S/C27H28Br4N4O4/c1-26(2)11-15(12-27(3,4)35(26)23(37)14-9-7-6-8-10-14)32-13-16(36)33(5)34-24(38)17-18(25(34)39)20(29)22(31)21(30)19(17)28/h6-10,15,32H,11-13H2,1-5H3. The lowest BCUT2D eigenvalue weighted by Crippen LogP contribution is -2.66. The lowest BCUT2D eigenvalue weighted by atomic mass is 9.76. The molecule has 2 aliphatic rings. The monoisotopic (exact) mass is 788 g/mol. The van der Waals surface area contributed by atoms with E-state index in [1.54, 1.807) is 0 Å². The van der Waals surface area contributed by atoms with Crippen molar-refractivity contribution in [1.29, 1.82) is 0 Å².